The Morgan fingerprint density at radius 1 is 0.900 bits per heavy atom. The first-order valence-electron chi connectivity index (χ1n) is 10.2. The van der Waals surface area contributed by atoms with Crippen molar-refractivity contribution in [3.63, 3.8) is 0 Å². The number of benzene rings is 3. The van der Waals surface area contributed by atoms with Crippen LogP contribution in [-0.4, -0.2) is 41.7 Å². The van der Waals surface area contributed by atoms with E-state index in [0.717, 1.165) is 23.4 Å². The van der Waals surface area contributed by atoms with E-state index in [9.17, 15) is 9.59 Å². The molecule has 5 nitrogen and oxygen atoms in total. The van der Waals surface area contributed by atoms with Crippen molar-refractivity contribution >= 4 is 40.2 Å². The number of hydrogen-bond acceptors (Lipinski definition) is 3. The summed E-state index contributed by atoms with van der Waals surface area (Å²) in [7, 11) is 0. The first-order chi connectivity index (χ1) is 14.7. The Labute approximate surface area is 180 Å². The van der Waals surface area contributed by atoms with Gasteiger partial charge in [-0.15, -0.1) is 11.8 Å². The van der Waals surface area contributed by atoms with Gasteiger partial charge in [0, 0.05) is 29.7 Å². The summed E-state index contributed by atoms with van der Waals surface area (Å²) in [5, 5.41) is 8.42. The van der Waals surface area contributed by atoms with Gasteiger partial charge in [-0.1, -0.05) is 48.5 Å². The van der Waals surface area contributed by atoms with E-state index in [1.54, 1.807) is 16.7 Å². The van der Waals surface area contributed by atoms with Crippen molar-refractivity contribution in [3.05, 3.63) is 72.8 Å². The Hall–Kier alpha value is -2.99. The lowest BCUT2D eigenvalue weighted by molar-refractivity contribution is -0.119. The lowest BCUT2D eigenvalue weighted by Crippen LogP contribution is -2.48. The molecule has 1 fully saturated rings. The first kappa shape index (κ1) is 20.3. The van der Waals surface area contributed by atoms with Crippen molar-refractivity contribution in [2.75, 3.05) is 24.2 Å². The highest BCUT2D eigenvalue weighted by molar-refractivity contribution is 8.00. The predicted molar refractivity (Wildman–Crippen MR) is 123 cm³/mol. The fourth-order valence-electron chi connectivity index (χ4n) is 3.63. The largest absolute Gasteiger partial charge is 0.353 e. The Bertz CT molecular complexity index is 1020. The van der Waals surface area contributed by atoms with Crippen LogP contribution in [0.4, 0.5) is 10.5 Å². The summed E-state index contributed by atoms with van der Waals surface area (Å²) in [5.41, 5.74) is 0.795. The molecule has 0 radical (unpaired) electrons. The highest BCUT2D eigenvalue weighted by Crippen LogP contribution is 2.23. The monoisotopic (exact) mass is 419 g/mol. The molecule has 0 aromatic heterocycles. The van der Waals surface area contributed by atoms with Crippen LogP contribution in [0.1, 0.15) is 12.8 Å². The van der Waals surface area contributed by atoms with Gasteiger partial charge >= 0.3 is 6.03 Å². The smallest absolute Gasteiger partial charge is 0.321 e. The van der Waals surface area contributed by atoms with Crippen LogP contribution in [0.3, 0.4) is 0 Å². The molecule has 30 heavy (non-hydrogen) atoms. The van der Waals surface area contributed by atoms with Crippen LogP contribution in [-0.2, 0) is 4.79 Å². The molecule has 3 aromatic carbocycles. The third-order valence-corrected chi connectivity index (χ3v) is 6.26. The lowest BCUT2D eigenvalue weighted by Gasteiger charge is -2.32. The number of nitrogens with zero attached hydrogens (tertiary/aromatic N) is 1. The fourth-order valence-corrected chi connectivity index (χ4v) is 4.38. The van der Waals surface area contributed by atoms with Gasteiger partial charge in [0.2, 0.25) is 5.91 Å². The molecular weight excluding hydrogens is 394 g/mol. The van der Waals surface area contributed by atoms with Crippen LogP contribution in [0.15, 0.2) is 77.7 Å². The molecule has 0 spiro atoms. The van der Waals surface area contributed by atoms with Gasteiger partial charge in [-0.25, -0.2) is 4.79 Å². The zero-order chi connectivity index (χ0) is 20.8. The maximum Gasteiger partial charge on any atom is 0.321 e. The van der Waals surface area contributed by atoms with Crippen LogP contribution in [0.25, 0.3) is 10.8 Å². The van der Waals surface area contributed by atoms with Gasteiger partial charge in [-0.05, 0) is 47.9 Å². The van der Waals surface area contributed by atoms with Crippen molar-refractivity contribution in [3.8, 4) is 0 Å². The molecule has 4 rings (SSSR count). The molecular formula is C24H25N3O2S. The molecule has 0 saturated carbocycles. The number of hydrogen-bond donors (Lipinski definition) is 2. The number of anilines is 1. The molecule has 0 atom stereocenters. The van der Waals surface area contributed by atoms with Crippen LogP contribution >= 0.6 is 11.8 Å². The highest BCUT2D eigenvalue weighted by atomic mass is 32.2. The number of thioether (sulfide) groups is 1. The third-order valence-electron chi connectivity index (χ3n) is 5.26. The van der Waals surface area contributed by atoms with Gasteiger partial charge in [0.1, 0.15) is 0 Å². The van der Waals surface area contributed by atoms with E-state index >= 15 is 0 Å². The molecule has 3 aromatic rings. The van der Waals surface area contributed by atoms with Crippen molar-refractivity contribution in [1.29, 1.82) is 0 Å². The molecule has 1 saturated heterocycles. The Balaban J connectivity index is 1.20. The number of fused-ring (bicyclic) bond motifs is 1. The number of likely N-dealkylation sites (tertiary alicyclic amines) is 1. The van der Waals surface area contributed by atoms with Crippen molar-refractivity contribution < 1.29 is 9.59 Å². The molecule has 1 aliphatic rings. The zero-order valence-electron chi connectivity index (χ0n) is 16.7. The molecule has 2 N–H and O–H groups in total. The minimum absolute atomic E-state index is 0.0420. The van der Waals surface area contributed by atoms with Gasteiger partial charge in [-0.3, -0.25) is 4.79 Å². The summed E-state index contributed by atoms with van der Waals surface area (Å²) in [6, 6.07) is 24.0. The quantitative estimate of drug-likeness (QED) is 0.587. The second kappa shape index (κ2) is 9.67. The van der Waals surface area contributed by atoms with Gasteiger partial charge in [-0.2, -0.15) is 0 Å². The average Bonchev–Trinajstić information content (AvgIpc) is 2.79. The molecule has 3 amide bonds. The van der Waals surface area contributed by atoms with E-state index < -0.39 is 0 Å². The van der Waals surface area contributed by atoms with E-state index in [1.165, 1.54) is 10.8 Å². The molecule has 0 aliphatic carbocycles. The number of para-hydroxylation sites is 1. The van der Waals surface area contributed by atoms with Crippen LogP contribution in [0, 0.1) is 0 Å². The molecule has 1 heterocycles. The van der Waals surface area contributed by atoms with Gasteiger partial charge in [0.15, 0.2) is 0 Å². The van der Waals surface area contributed by atoms with E-state index in [-0.39, 0.29) is 18.0 Å². The van der Waals surface area contributed by atoms with Gasteiger partial charge < -0.3 is 15.5 Å². The minimum Gasteiger partial charge on any atom is -0.353 e. The molecule has 154 valence electrons. The summed E-state index contributed by atoms with van der Waals surface area (Å²) in [6.45, 7) is 1.28. The van der Waals surface area contributed by atoms with E-state index in [4.69, 9.17) is 0 Å². The van der Waals surface area contributed by atoms with Gasteiger partial charge in [0.05, 0.1) is 5.75 Å². The second-order valence-corrected chi connectivity index (χ2v) is 8.47. The number of carbonyl (C=O) groups excluding carboxylic acids is 2. The molecule has 0 unspecified atom stereocenters. The number of rotatable bonds is 5. The summed E-state index contributed by atoms with van der Waals surface area (Å²) < 4.78 is 0. The number of carbonyl (C=O) groups is 2. The Morgan fingerprint density at radius 2 is 1.60 bits per heavy atom. The maximum atomic E-state index is 12.4. The average molecular weight is 420 g/mol. The lowest BCUT2D eigenvalue weighted by atomic mass is 10.1. The van der Waals surface area contributed by atoms with E-state index in [0.29, 0.717) is 18.8 Å². The SMILES string of the molecule is O=C(CSc1ccc2ccccc2c1)NC1CCN(C(=O)Nc2ccccc2)CC1. The Kier molecular flexibility index (Phi) is 6.54. The first-order valence-corrected chi connectivity index (χ1v) is 11.2. The summed E-state index contributed by atoms with van der Waals surface area (Å²) in [6.07, 6.45) is 1.54. The van der Waals surface area contributed by atoms with E-state index in [1.807, 2.05) is 42.5 Å². The van der Waals surface area contributed by atoms with Crippen molar-refractivity contribution in [1.82, 2.24) is 10.2 Å². The van der Waals surface area contributed by atoms with Crippen LogP contribution < -0.4 is 10.6 Å². The van der Waals surface area contributed by atoms with E-state index in [2.05, 4.69) is 41.0 Å². The van der Waals surface area contributed by atoms with Crippen LogP contribution in [0.5, 0.6) is 0 Å². The zero-order valence-corrected chi connectivity index (χ0v) is 17.5. The van der Waals surface area contributed by atoms with Gasteiger partial charge in [0.25, 0.3) is 0 Å². The summed E-state index contributed by atoms with van der Waals surface area (Å²) in [4.78, 5) is 27.7. The molecule has 6 heteroatoms. The number of piperidine rings is 1. The molecule has 0 bridgehead atoms. The van der Waals surface area contributed by atoms with Crippen molar-refractivity contribution in [2.45, 2.75) is 23.8 Å². The van der Waals surface area contributed by atoms with Crippen LogP contribution in [0.2, 0.25) is 0 Å². The standard InChI is InChI=1S/C24H25N3O2S/c28-23(17-30-22-11-10-18-6-4-5-7-19(18)16-22)25-21-12-14-27(15-13-21)24(29)26-20-8-2-1-3-9-20/h1-11,16,21H,12-15,17H2,(H,25,28)(H,26,29). The van der Waals surface area contributed by atoms with Crippen molar-refractivity contribution in [2.24, 2.45) is 0 Å². The topological polar surface area (TPSA) is 61.4 Å². The number of urea groups is 1. The third kappa shape index (κ3) is 5.33. The normalized spacial score (nSPS) is 14.5. The second-order valence-electron chi connectivity index (χ2n) is 7.42. The fraction of sp³-hybridized carbons (Fsp3) is 0.250. The molecule has 1 aliphatic heterocycles. The minimum atomic E-state index is -0.0853. The predicted octanol–water partition coefficient (Wildman–Crippen LogP) is 4.74. The number of amides is 3. The number of nitrogens with one attached hydrogen (secondary N) is 2. The summed E-state index contributed by atoms with van der Waals surface area (Å²) in [5.74, 6) is 0.438. The Morgan fingerprint density at radius 3 is 2.37 bits per heavy atom. The summed E-state index contributed by atoms with van der Waals surface area (Å²) >= 11 is 1.55. The highest BCUT2D eigenvalue weighted by Gasteiger charge is 2.23. The maximum absolute atomic E-state index is 12.4.